The van der Waals surface area contributed by atoms with Gasteiger partial charge in [0.05, 0.1) is 16.0 Å². The van der Waals surface area contributed by atoms with E-state index >= 15 is 0 Å². The van der Waals surface area contributed by atoms with Gasteiger partial charge in [0.25, 0.3) is 0 Å². The lowest BCUT2D eigenvalue weighted by molar-refractivity contribution is -0.138. The van der Waals surface area contributed by atoms with Gasteiger partial charge in [0.1, 0.15) is 5.75 Å². The number of benzene rings is 1. The second-order valence-electron chi connectivity index (χ2n) is 3.54. The first-order valence-corrected chi connectivity index (χ1v) is 5.89. The van der Waals surface area contributed by atoms with Crippen LogP contribution in [0.2, 0.25) is 0 Å². The zero-order valence-corrected chi connectivity index (χ0v) is 11.1. The molecule has 8 heteroatoms. The largest absolute Gasteiger partial charge is 0.434 e. The van der Waals surface area contributed by atoms with Crippen molar-refractivity contribution < 1.29 is 31.5 Å². The highest BCUT2D eigenvalue weighted by Gasteiger charge is 2.38. The molecule has 2 nitrogen and oxygen atoms in total. The number of hydrogen-bond acceptors (Lipinski definition) is 2. The van der Waals surface area contributed by atoms with Gasteiger partial charge in [-0.3, -0.25) is 4.79 Å². The van der Waals surface area contributed by atoms with Crippen LogP contribution in [0.5, 0.6) is 5.75 Å². The summed E-state index contributed by atoms with van der Waals surface area (Å²) in [7, 11) is 0. The van der Waals surface area contributed by atoms with Crippen LogP contribution in [0, 0.1) is 0 Å². The third-order valence-electron chi connectivity index (χ3n) is 2.16. The minimum atomic E-state index is -4.84. The molecule has 0 bridgehead atoms. The second-order valence-corrected chi connectivity index (χ2v) is 4.91. The van der Waals surface area contributed by atoms with Crippen molar-refractivity contribution in [2.75, 3.05) is 0 Å². The molecule has 0 fully saturated rings. The average molecular weight is 347 g/mol. The topological polar surface area (TPSA) is 26.3 Å². The standard InChI is InChI=1S/C11H8BrF5O2/c1-5(12)9(18)8-6(11(15,16)17)3-2-4-7(8)19-10(13)14/h2-5,10H,1H3. The number of carbonyl (C=O) groups is 1. The number of halogens is 6. The fraction of sp³-hybridized carbons (Fsp3) is 0.364. The summed E-state index contributed by atoms with van der Waals surface area (Å²) >= 11 is 2.82. The molecule has 0 aliphatic heterocycles. The first-order chi connectivity index (χ1) is 8.64. The van der Waals surface area contributed by atoms with E-state index in [1.165, 1.54) is 6.92 Å². The molecule has 0 N–H and O–H groups in total. The maximum Gasteiger partial charge on any atom is 0.417 e. The normalized spacial score (nSPS) is 13.5. The monoisotopic (exact) mass is 346 g/mol. The summed E-state index contributed by atoms with van der Waals surface area (Å²) in [6.45, 7) is -2.03. The van der Waals surface area contributed by atoms with Crippen molar-refractivity contribution in [1.82, 2.24) is 0 Å². The molecule has 106 valence electrons. The average Bonchev–Trinajstić information content (AvgIpc) is 2.25. The predicted octanol–water partition coefficient (Wildman–Crippen LogP) is 4.27. The molecule has 0 aromatic heterocycles. The van der Waals surface area contributed by atoms with E-state index in [1.54, 1.807) is 0 Å². The Hall–Kier alpha value is -1.18. The van der Waals surface area contributed by atoms with Crippen molar-refractivity contribution in [3.63, 3.8) is 0 Å². The van der Waals surface area contributed by atoms with Crippen molar-refractivity contribution in [3.8, 4) is 5.75 Å². The molecule has 1 atom stereocenters. The Kier molecular flexibility index (Phi) is 4.89. The molecule has 0 amide bonds. The lowest BCUT2D eigenvalue weighted by atomic mass is 10.0. The summed E-state index contributed by atoms with van der Waals surface area (Å²) in [6, 6.07) is 2.43. The highest BCUT2D eigenvalue weighted by Crippen LogP contribution is 2.37. The number of alkyl halides is 6. The second kappa shape index (κ2) is 5.85. The third kappa shape index (κ3) is 3.89. The van der Waals surface area contributed by atoms with Crippen LogP contribution in [0.3, 0.4) is 0 Å². The summed E-state index contributed by atoms with van der Waals surface area (Å²) in [5.74, 6) is -1.77. The summed E-state index contributed by atoms with van der Waals surface area (Å²) in [5, 5.41) is 0. The van der Waals surface area contributed by atoms with Gasteiger partial charge in [-0.1, -0.05) is 22.0 Å². The summed E-state index contributed by atoms with van der Waals surface area (Å²) < 4.78 is 66.6. The first-order valence-electron chi connectivity index (χ1n) is 4.98. The van der Waals surface area contributed by atoms with Crippen LogP contribution in [-0.2, 0) is 6.18 Å². The van der Waals surface area contributed by atoms with Gasteiger partial charge in [0.15, 0.2) is 5.78 Å². The molecule has 0 aliphatic rings. The van der Waals surface area contributed by atoms with Gasteiger partial charge < -0.3 is 4.74 Å². The molecular formula is C11H8BrF5O2. The predicted molar refractivity (Wildman–Crippen MR) is 60.8 cm³/mol. The molecule has 0 aliphatic carbocycles. The van der Waals surface area contributed by atoms with Gasteiger partial charge in [-0.25, -0.2) is 0 Å². The number of Topliss-reactive ketones (excluding diaryl/α,β-unsaturated/α-hetero) is 1. The Morgan fingerprint density at radius 3 is 2.32 bits per heavy atom. The Morgan fingerprint density at radius 2 is 1.89 bits per heavy atom. The number of rotatable bonds is 4. The number of ether oxygens (including phenoxy) is 1. The highest BCUT2D eigenvalue weighted by atomic mass is 79.9. The summed E-state index contributed by atoms with van der Waals surface area (Å²) in [5.41, 5.74) is -2.21. The van der Waals surface area contributed by atoms with Gasteiger partial charge >= 0.3 is 12.8 Å². The highest BCUT2D eigenvalue weighted by molar-refractivity contribution is 9.10. The maximum absolute atomic E-state index is 12.8. The van der Waals surface area contributed by atoms with E-state index in [-0.39, 0.29) is 0 Å². The summed E-state index contributed by atoms with van der Waals surface area (Å²) in [6.07, 6.45) is -4.84. The molecular weight excluding hydrogens is 339 g/mol. The van der Waals surface area contributed by atoms with Crippen molar-refractivity contribution in [2.45, 2.75) is 24.5 Å². The van der Waals surface area contributed by atoms with Crippen LogP contribution in [-0.4, -0.2) is 17.2 Å². The molecule has 1 aromatic rings. The van der Waals surface area contributed by atoms with Crippen LogP contribution >= 0.6 is 15.9 Å². The van der Waals surface area contributed by atoms with E-state index in [4.69, 9.17) is 0 Å². The molecule has 1 rings (SSSR count). The van der Waals surface area contributed by atoms with Crippen LogP contribution < -0.4 is 4.74 Å². The fourth-order valence-electron chi connectivity index (χ4n) is 1.41. The van der Waals surface area contributed by atoms with Crippen molar-refractivity contribution >= 4 is 21.7 Å². The molecule has 0 saturated heterocycles. The molecule has 0 radical (unpaired) electrons. The molecule has 1 aromatic carbocycles. The lowest BCUT2D eigenvalue weighted by Crippen LogP contribution is -2.20. The fourth-order valence-corrected chi connectivity index (χ4v) is 1.64. The van der Waals surface area contributed by atoms with Gasteiger partial charge in [0, 0.05) is 0 Å². The van der Waals surface area contributed by atoms with Gasteiger partial charge in [-0.05, 0) is 19.1 Å². The van der Waals surface area contributed by atoms with Crippen LogP contribution in [0.1, 0.15) is 22.8 Å². The maximum atomic E-state index is 12.8. The molecule has 0 saturated carbocycles. The van der Waals surface area contributed by atoms with Crippen LogP contribution in [0.15, 0.2) is 18.2 Å². The van der Waals surface area contributed by atoms with Gasteiger partial charge in [-0.15, -0.1) is 0 Å². The van der Waals surface area contributed by atoms with Gasteiger partial charge in [-0.2, -0.15) is 22.0 Å². The SMILES string of the molecule is CC(Br)C(=O)c1c(OC(F)F)cccc1C(F)(F)F. The van der Waals surface area contributed by atoms with Crippen molar-refractivity contribution in [3.05, 3.63) is 29.3 Å². The zero-order chi connectivity index (χ0) is 14.8. The van der Waals surface area contributed by atoms with Crippen LogP contribution in [0.4, 0.5) is 22.0 Å². The van der Waals surface area contributed by atoms with Crippen molar-refractivity contribution in [1.29, 1.82) is 0 Å². The summed E-state index contributed by atoms with van der Waals surface area (Å²) in [4.78, 5) is 10.8. The Morgan fingerprint density at radius 1 is 1.32 bits per heavy atom. The van der Waals surface area contributed by atoms with E-state index in [1.807, 2.05) is 0 Å². The van der Waals surface area contributed by atoms with Crippen LogP contribution in [0.25, 0.3) is 0 Å². The zero-order valence-electron chi connectivity index (χ0n) is 9.47. The van der Waals surface area contributed by atoms with Crippen molar-refractivity contribution in [2.24, 2.45) is 0 Å². The Labute approximate surface area is 113 Å². The van der Waals surface area contributed by atoms with E-state index < -0.39 is 40.3 Å². The smallest absolute Gasteiger partial charge is 0.417 e. The third-order valence-corrected chi connectivity index (χ3v) is 2.57. The quantitative estimate of drug-likeness (QED) is 0.462. The number of carbonyl (C=O) groups excluding carboxylic acids is 1. The minimum absolute atomic E-state index is 0.640. The number of ketones is 1. The molecule has 0 heterocycles. The Bertz CT molecular complexity index is 471. The molecule has 19 heavy (non-hydrogen) atoms. The Balaban J connectivity index is 3.45. The molecule has 0 spiro atoms. The first kappa shape index (κ1) is 15.9. The lowest BCUT2D eigenvalue weighted by Gasteiger charge is -2.17. The van der Waals surface area contributed by atoms with E-state index in [0.29, 0.717) is 6.07 Å². The van der Waals surface area contributed by atoms with E-state index in [2.05, 4.69) is 20.7 Å². The number of hydrogen-bond donors (Lipinski definition) is 0. The van der Waals surface area contributed by atoms with E-state index in [9.17, 15) is 26.7 Å². The molecule has 1 unspecified atom stereocenters. The van der Waals surface area contributed by atoms with E-state index in [0.717, 1.165) is 12.1 Å². The van der Waals surface area contributed by atoms with Gasteiger partial charge in [0.2, 0.25) is 0 Å². The minimum Gasteiger partial charge on any atom is -0.434 e.